The summed E-state index contributed by atoms with van der Waals surface area (Å²) in [6, 6.07) is 11.0. The van der Waals surface area contributed by atoms with Gasteiger partial charge in [0, 0.05) is 16.6 Å². The van der Waals surface area contributed by atoms with Crippen molar-refractivity contribution in [3.63, 3.8) is 0 Å². The first-order valence-electron chi connectivity index (χ1n) is 7.21. The van der Waals surface area contributed by atoms with Gasteiger partial charge in [-0.2, -0.15) is 0 Å². The number of aliphatic carboxylic acids is 1. The number of aryl methyl sites for hydroxylation is 1. The average molecular weight is 341 g/mol. The second-order valence-electron chi connectivity index (χ2n) is 5.00. The topological polar surface area (TPSA) is 84.3 Å². The smallest absolute Gasteiger partial charge is 0.341 e. The lowest BCUT2D eigenvalue weighted by atomic mass is 10.1. The Kier molecular flexibility index (Phi) is 4.72. The molecule has 0 aliphatic carbocycles. The number of rotatable bonds is 6. The highest BCUT2D eigenvalue weighted by molar-refractivity contribution is 7.16. The second-order valence-corrected chi connectivity index (χ2v) is 6.20. The molecule has 0 saturated heterocycles. The Bertz CT molecular complexity index is 832. The number of carbonyl (C=O) groups is 1. The van der Waals surface area contributed by atoms with Gasteiger partial charge in [0.1, 0.15) is 5.75 Å². The van der Waals surface area contributed by atoms with Crippen LogP contribution in [0.3, 0.4) is 0 Å². The van der Waals surface area contributed by atoms with E-state index >= 15 is 0 Å². The van der Waals surface area contributed by atoms with E-state index in [-0.39, 0.29) is 6.61 Å². The maximum atomic E-state index is 10.5. The molecule has 0 radical (unpaired) electrons. The quantitative estimate of drug-likeness (QED) is 0.711. The van der Waals surface area contributed by atoms with Crippen LogP contribution in [0.2, 0.25) is 0 Å². The molecule has 0 saturated carbocycles. The van der Waals surface area contributed by atoms with Gasteiger partial charge >= 0.3 is 5.97 Å². The van der Waals surface area contributed by atoms with Gasteiger partial charge in [0.05, 0.1) is 17.6 Å². The number of aromatic nitrogens is 2. The molecule has 0 unspecified atom stereocenters. The number of carboxylic acid groups (broad SMARTS) is 1. The summed E-state index contributed by atoms with van der Waals surface area (Å²) in [6.45, 7) is 1.66. The molecular weight excluding hydrogens is 326 g/mol. The number of carboxylic acids is 1. The number of hydrogen-bond donors (Lipinski definition) is 2. The van der Waals surface area contributed by atoms with E-state index in [2.05, 4.69) is 15.3 Å². The molecule has 0 amide bonds. The number of hydrogen-bond acceptors (Lipinski definition) is 6. The van der Waals surface area contributed by atoms with E-state index in [0.717, 1.165) is 27.0 Å². The maximum absolute atomic E-state index is 10.5. The maximum Gasteiger partial charge on any atom is 0.341 e. The van der Waals surface area contributed by atoms with E-state index in [4.69, 9.17) is 9.84 Å². The Balaban J connectivity index is 1.76. The third-order valence-electron chi connectivity index (χ3n) is 3.20. The van der Waals surface area contributed by atoms with Gasteiger partial charge in [0.2, 0.25) is 0 Å². The monoisotopic (exact) mass is 341 g/mol. The van der Waals surface area contributed by atoms with Crippen LogP contribution in [0.5, 0.6) is 5.75 Å². The Hall–Kier alpha value is -2.93. The van der Waals surface area contributed by atoms with Gasteiger partial charge < -0.3 is 15.2 Å². The fourth-order valence-electron chi connectivity index (χ4n) is 2.13. The number of ether oxygens (including phenoxy) is 1. The molecule has 2 heterocycles. The van der Waals surface area contributed by atoms with Gasteiger partial charge in [-0.3, -0.25) is 4.98 Å². The summed E-state index contributed by atoms with van der Waals surface area (Å²) in [5.41, 5.74) is 2.72. The van der Waals surface area contributed by atoms with Crippen molar-refractivity contribution < 1.29 is 14.6 Å². The van der Waals surface area contributed by atoms with Crippen molar-refractivity contribution in [3.8, 4) is 17.0 Å². The number of nitrogens with zero attached hydrogens (tertiary/aromatic N) is 2. The first kappa shape index (κ1) is 15.9. The van der Waals surface area contributed by atoms with Crippen LogP contribution in [0.25, 0.3) is 11.3 Å². The lowest BCUT2D eigenvalue weighted by Crippen LogP contribution is -2.09. The van der Waals surface area contributed by atoms with Gasteiger partial charge in [-0.15, -0.1) is 11.3 Å². The highest BCUT2D eigenvalue weighted by Crippen LogP contribution is 2.32. The van der Waals surface area contributed by atoms with E-state index in [9.17, 15) is 4.79 Å². The van der Waals surface area contributed by atoms with Crippen molar-refractivity contribution in [1.82, 2.24) is 9.97 Å². The van der Waals surface area contributed by atoms with Crippen LogP contribution in [0.4, 0.5) is 10.8 Å². The molecule has 3 rings (SSSR count). The zero-order valence-electron chi connectivity index (χ0n) is 12.9. The number of pyridine rings is 1. The molecule has 122 valence electrons. The van der Waals surface area contributed by atoms with Crippen molar-refractivity contribution in [3.05, 3.63) is 53.7 Å². The van der Waals surface area contributed by atoms with E-state index in [1.165, 1.54) is 0 Å². The molecule has 1 aromatic carbocycles. The molecule has 0 bridgehead atoms. The zero-order chi connectivity index (χ0) is 16.9. The molecule has 0 aliphatic rings. The predicted octanol–water partition coefficient (Wildman–Crippen LogP) is 3.72. The molecule has 6 nitrogen and oxygen atoms in total. The standard InChI is InChI=1S/C17H15N3O3S/c1-11-16(12-4-6-14(7-5-12)23-10-15(21)22)20-17(24-11)19-13-3-2-8-18-9-13/h2-9H,10H2,1H3,(H,19,20)(H,21,22). The summed E-state index contributed by atoms with van der Waals surface area (Å²) in [5.74, 6) is -0.483. The Labute approximate surface area is 142 Å². The fraction of sp³-hybridized carbons (Fsp3) is 0.118. The Morgan fingerprint density at radius 2 is 2.08 bits per heavy atom. The van der Waals surface area contributed by atoms with Crippen molar-refractivity contribution in [2.75, 3.05) is 11.9 Å². The van der Waals surface area contributed by atoms with Crippen LogP contribution in [-0.4, -0.2) is 27.7 Å². The van der Waals surface area contributed by atoms with Crippen LogP contribution in [-0.2, 0) is 4.79 Å². The third-order valence-corrected chi connectivity index (χ3v) is 4.09. The second kappa shape index (κ2) is 7.10. The summed E-state index contributed by atoms with van der Waals surface area (Å²) in [4.78, 5) is 20.3. The molecule has 24 heavy (non-hydrogen) atoms. The summed E-state index contributed by atoms with van der Waals surface area (Å²) < 4.78 is 5.14. The average Bonchev–Trinajstić information content (AvgIpc) is 2.94. The number of anilines is 2. The summed E-state index contributed by atoms with van der Waals surface area (Å²) in [5, 5.41) is 12.6. The lowest BCUT2D eigenvalue weighted by molar-refractivity contribution is -0.139. The van der Waals surface area contributed by atoms with Gasteiger partial charge in [-0.1, -0.05) is 0 Å². The number of thiazole rings is 1. The van der Waals surface area contributed by atoms with E-state index in [1.54, 1.807) is 35.9 Å². The van der Waals surface area contributed by atoms with Gasteiger partial charge in [0.15, 0.2) is 11.7 Å². The molecule has 2 N–H and O–H groups in total. The van der Waals surface area contributed by atoms with Crippen molar-refractivity contribution in [2.45, 2.75) is 6.92 Å². The molecule has 3 aromatic rings. The number of benzene rings is 1. The van der Waals surface area contributed by atoms with Crippen molar-refractivity contribution in [2.24, 2.45) is 0 Å². The minimum atomic E-state index is -0.999. The summed E-state index contributed by atoms with van der Waals surface area (Å²) in [6.07, 6.45) is 3.46. The van der Waals surface area contributed by atoms with Crippen LogP contribution in [0.1, 0.15) is 4.88 Å². The van der Waals surface area contributed by atoms with E-state index in [0.29, 0.717) is 5.75 Å². The lowest BCUT2D eigenvalue weighted by Gasteiger charge is -2.04. The zero-order valence-corrected chi connectivity index (χ0v) is 13.7. The number of nitrogens with one attached hydrogen (secondary N) is 1. The predicted molar refractivity (Wildman–Crippen MR) is 92.9 cm³/mol. The molecule has 7 heteroatoms. The van der Waals surface area contributed by atoms with Crippen LogP contribution in [0.15, 0.2) is 48.8 Å². The highest BCUT2D eigenvalue weighted by atomic mass is 32.1. The van der Waals surface area contributed by atoms with Gasteiger partial charge in [-0.05, 0) is 43.3 Å². The van der Waals surface area contributed by atoms with Crippen LogP contribution in [0, 0.1) is 6.92 Å². The van der Waals surface area contributed by atoms with E-state index < -0.39 is 5.97 Å². The molecule has 0 atom stereocenters. The Morgan fingerprint density at radius 1 is 1.29 bits per heavy atom. The minimum absolute atomic E-state index is 0.353. The SMILES string of the molecule is Cc1sc(Nc2cccnc2)nc1-c1ccc(OCC(=O)O)cc1. The molecule has 0 spiro atoms. The van der Waals surface area contributed by atoms with Crippen LogP contribution >= 0.6 is 11.3 Å². The largest absolute Gasteiger partial charge is 0.482 e. The Morgan fingerprint density at radius 3 is 2.75 bits per heavy atom. The van der Waals surface area contributed by atoms with Gasteiger partial charge in [0.25, 0.3) is 0 Å². The van der Waals surface area contributed by atoms with Crippen LogP contribution < -0.4 is 10.1 Å². The normalized spacial score (nSPS) is 10.4. The molecule has 0 fully saturated rings. The first-order chi connectivity index (χ1) is 11.6. The minimum Gasteiger partial charge on any atom is -0.482 e. The first-order valence-corrected chi connectivity index (χ1v) is 8.03. The summed E-state index contributed by atoms with van der Waals surface area (Å²) >= 11 is 1.56. The molecule has 2 aromatic heterocycles. The van der Waals surface area contributed by atoms with E-state index in [1.807, 2.05) is 31.2 Å². The molecular formula is C17H15N3O3S. The highest BCUT2D eigenvalue weighted by Gasteiger charge is 2.10. The third kappa shape index (κ3) is 3.88. The molecule has 0 aliphatic heterocycles. The van der Waals surface area contributed by atoms with Crippen molar-refractivity contribution in [1.29, 1.82) is 0 Å². The van der Waals surface area contributed by atoms with Crippen molar-refractivity contribution >= 4 is 28.1 Å². The summed E-state index contributed by atoms with van der Waals surface area (Å²) in [7, 11) is 0. The van der Waals surface area contributed by atoms with Gasteiger partial charge in [-0.25, -0.2) is 9.78 Å². The fourth-order valence-corrected chi connectivity index (χ4v) is 2.99.